The SMILES string of the molecule is CCOC(=O)[C@@H]1CCCN(C(=O)[C@H]2CCC(=O)N2)C1. The fourth-order valence-electron chi connectivity index (χ4n) is 2.65. The first kappa shape index (κ1) is 13.8. The summed E-state index contributed by atoms with van der Waals surface area (Å²) in [5.74, 6) is -0.595. The van der Waals surface area contributed by atoms with Gasteiger partial charge in [-0.1, -0.05) is 0 Å². The minimum absolute atomic E-state index is 0.0696. The Morgan fingerprint density at radius 1 is 1.42 bits per heavy atom. The zero-order chi connectivity index (χ0) is 13.8. The number of hydrogen-bond donors (Lipinski definition) is 1. The van der Waals surface area contributed by atoms with Crippen LogP contribution < -0.4 is 5.32 Å². The number of amides is 2. The van der Waals surface area contributed by atoms with E-state index in [1.54, 1.807) is 11.8 Å². The molecule has 0 spiro atoms. The lowest BCUT2D eigenvalue weighted by Crippen LogP contribution is -2.49. The van der Waals surface area contributed by atoms with Crippen LogP contribution in [0.1, 0.15) is 32.6 Å². The Balaban J connectivity index is 1.91. The van der Waals surface area contributed by atoms with E-state index >= 15 is 0 Å². The van der Waals surface area contributed by atoms with Crippen molar-refractivity contribution in [2.24, 2.45) is 5.92 Å². The van der Waals surface area contributed by atoms with Crippen molar-refractivity contribution in [3.8, 4) is 0 Å². The fraction of sp³-hybridized carbons (Fsp3) is 0.769. The van der Waals surface area contributed by atoms with Crippen molar-refractivity contribution in [2.45, 2.75) is 38.6 Å². The fourth-order valence-corrected chi connectivity index (χ4v) is 2.65. The molecule has 0 aliphatic carbocycles. The van der Waals surface area contributed by atoms with Crippen LogP contribution in [-0.4, -0.2) is 48.4 Å². The van der Waals surface area contributed by atoms with E-state index < -0.39 is 6.04 Å². The second kappa shape index (κ2) is 6.04. The smallest absolute Gasteiger partial charge is 0.310 e. The quantitative estimate of drug-likeness (QED) is 0.735. The van der Waals surface area contributed by atoms with Crippen molar-refractivity contribution < 1.29 is 19.1 Å². The van der Waals surface area contributed by atoms with Gasteiger partial charge in [-0.3, -0.25) is 14.4 Å². The van der Waals surface area contributed by atoms with Crippen LogP contribution in [0.2, 0.25) is 0 Å². The molecule has 106 valence electrons. The van der Waals surface area contributed by atoms with Crippen molar-refractivity contribution in [1.82, 2.24) is 10.2 Å². The predicted molar refractivity (Wildman–Crippen MR) is 67.1 cm³/mol. The summed E-state index contributed by atoms with van der Waals surface area (Å²) in [4.78, 5) is 36.8. The van der Waals surface area contributed by atoms with Crippen molar-refractivity contribution >= 4 is 17.8 Å². The Labute approximate surface area is 112 Å². The Hall–Kier alpha value is -1.59. The summed E-state index contributed by atoms with van der Waals surface area (Å²) in [6.45, 7) is 3.20. The van der Waals surface area contributed by atoms with Crippen LogP contribution in [0.5, 0.6) is 0 Å². The molecule has 2 amide bonds. The van der Waals surface area contributed by atoms with Crippen molar-refractivity contribution in [3.63, 3.8) is 0 Å². The highest BCUT2D eigenvalue weighted by Gasteiger charge is 2.35. The molecule has 2 aliphatic heterocycles. The lowest BCUT2D eigenvalue weighted by molar-refractivity contribution is -0.151. The standard InChI is InChI=1S/C13H20N2O4/c1-2-19-13(18)9-4-3-7-15(8-9)12(17)10-5-6-11(16)14-10/h9-10H,2-8H2,1H3,(H,14,16)/t9-,10-/m1/s1. The lowest BCUT2D eigenvalue weighted by atomic mass is 9.97. The second-order valence-corrected chi connectivity index (χ2v) is 5.03. The molecule has 6 heteroatoms. The molecule has 6 nitrogen and oxygen atoms in total. The molecule has 0 aromatic carbocycles. The van der Waals surface area contributed by atoms with Gasteiger partial charge in [-0.05, 0) is 26.2 Å². The predicted octanol–water partition coefficient (Wildman–Crippen LogP) is 0.0667. The van der Waals surface area contributed by atoms with Gasteiger partial charge in [0.05, 0.1) is 12.5 Å². The van der Waals surface area contributed by atoms with E-state index in [1.165, 1.54) is 0 Å². The van der Waals surface area contributed by atoms with E-state index in [-0.39, 0.29) is 23.7 Å². The molecule has 0 bridgehead atoms. The number of hydrogen-bond acceptors (Lipinski definition) is 4. The van der Waals surface area contributed by atoms with Crippen molar-refractivity contribution in [3.05, 3.63) is 0 Å². The summed E-state index contributed by atoms with van der Waals surface area (Å²) in [5.41, 5.74) is 0. The Morgan fingerprint density at radius 3 is 2.84 bits per heavy atom. The van der Waals surface area contributed by atoms with Gasteiger partial charge in [-0.2, -0.15) is 0 Å². The number of piperidine rings is 1. The third-order valence-electron chi connectivity index (χ3n) is 3.65. The number of nitrogens with zero attached hydrogens (tertiary/aromatic N) is 1. The zero-order valence-electron chi connectivity index (χ0n) is 11.2. The van der Waals surface area contributed by atoms with Gasteiger partial charge in [0, 0.05) is 19.5 Å². The molecule has 0 aromatic heterocycles. The van der Waals surface area contributed by atoms with E-state index in [0.717, 1.165) is 12.8 Å². The molecule has 0 unspecified atom stereocenters. The van der Waals surface area contributed by atoms with Crippen molar-refractivity contribution in [2.75, 3.05) is 19.7 Å². The Bertz CT molecular complexity index is 383. The van der Waals surface area contributed by atoms with E-state index in [0.29, 0.717) is 32.5 Å². The second-order valence-electron chi connectivity index (χ2n) is 5.03. The van der Waals surface area contributed by atoms with Crippen LogP contribution in [0.3, 0.4) is 0 Å². The van der Waals surface area contributed by atoms with Gasteiger partial charge in [-0.15, -0.1) is 0 Å². The zero-order valence-corrected chi connectivity index (χ0v) is 11.2. The highest BCUT2D eigenvalue weighted by atomic mass is 16.5. The van der Waals surface area contributed by atoms with E-state index in [4.69, 9.17) is 4.74 Å². The summed E-state index contributed by atoms with van der Waals surface area (Å²) < 4.78 is 5.01. The Morgan fingerprint density at radius 2 is 2.21 bits per heavy atom. The maximum Gasteiger partial charge on any atom is 0.310 e. The topological polar surface area (TPSA) is 75.7 Å². The molecule has 19 heavy (non-hydrogen) atoms. The molecule has 0 radical (unpaired) electrons. The van der Waals surface area contributed by atoms with Crippen LogP contribution in [0, 0.1) is 5.92 Å². The maximum absolute atomic E-state index is 12.2. The summed E-state index contributed by atoms with van der Waals surface area (Å²) in [5, 5.41) is 2.67. The minimum Gasteiger partial charge on any atom is -0.466 e. The number of carbonyl (C=O) groups excluding carboxylic acids is 3. The average molecular weight is 268 g/mol. The normalized spacial score (nSPS) is 27.0. The highest BCUT2D eigenvalue weighted by molar-refractivity contribution is 5.91. The minimum atomic E-state index is -0.409. The molecule has 2 fully saturated rings. The average Bonchev–Trinajstić information content (AvgIpc) is 2.85. The lowest BCUT2D eigenvalue weighted by Gasteiger charge is -2.33. The van der Waals surface area contributed by atoms with E-state index in [2.05, 4.69) is 5.32 Å². The summed E-state index contributed by atoms with van der Waals surface area (Å²) in [6, 6.07) is -0.409. The number of esters is 1. The van der Waals surface area contributed by atoms with Crippen LogP contribution >= 0.6 is 0 Å². The van der Waals surface area contributed by atoms with E-state index in [1.807, 2.05) is 0 Å². The molecule has 2 aliphatic rings. The maximum atomic E-state index is 12.2. The van der Waals surface area contributed by atoms with Crippen LogP contribution in [0.15, 0.2) is 0 Å². The first-order valence-corrected chi connectivity index (χ1v) is 6.86. The van der Waals surface area contributed by atoms with Gasteiger partial charge in [0.25, 0.3) is 0 Å². The van der Waals surface area contributed by atoms with Gasteiger partial charge in [0.15, 0.2) is 0 Å². The summed E-state index contributed by atoms with van der Waals surface area (Å²) >= 11 is 0. The monoisotopic (exact) mass is 268 g/mol. The third kappa shape index (κ3) is 3.24. The van der Waals surface area contributed by atoms with Crippen molar-refractivity contribution in [1.29, 1.82) is 0 Å². The summed E-state index contributed by atoms with van der Waals surface area (Å²) in [6.07, 6.45) is 2.53. The number of ether oxygens (including phenoxy) is 1. The molecule has 1 N–H and O–H groups in total. The molecule has 2 saturated heterocycles. The van der Waals surface area contributed by atoms with Gasteiger partial charge in [0.2, 0.25) is 11.8 Å². The van der Waals surface area contributed by atoms with Gasteiger partial charge < -0.3 is 15.0 Å². The van der Waals surface area contributed by atoms with Gasteiger partial charge >= 0.3 is 5.97 Å². The van der Waals surface area contributed by atoms with E-state index in [9.17, 15) is 14.4 Å². The summed E-state index contributed by atoms with van der Waals surface area (Å²) in [7, 11) is 0. The number of likely N-dealkylation sites (tertiary alicyclic amines) is 1. The van der Waals surface area contributed by atoms with Crippen LogP contribution in [0.4, 0.5) is 0 Å². The first-order chi connectivity index (χ1) is 9.11. The number of rotatable bonds is 3. The Kier molecular flexibility index (Phi) is 4.39. The molecule has 0 saturated carbocycles. The molecule has 2 rings (SSSR count). The van der Waals surface area contributed by atoms with Crippen LogP contribution in [-0.2, 0) is 19.1 Å². The molecular weight excluding hydrogens is 248 g/mol. The number of nitrogens with one attached hydrogen (secondary N) is 1. The number of carbonyl (C=O) groups is 3. The largest absolute Gasteiger partial charge is 0.466 e. The molecule has 2 atom stereocenters. The van der Waals surface area contributed by atoms with Crippen LogP contribution in [0.25, 0.3) is 0 Å². The molecule has 0 aromatic rings. The highest BCUT2D eigenvalue weighted by Crippen LogP contribution is 2.20. The molecule has 2 heterocycles. The van der Waals surface area contributed by atoms with Gasteiger partial charge in [0.1, 0.15) is 6.04 Å². The molecular formula is C13H20N2O4. The first-order valence-electron chi connectivity index (χ1n) is 6.86. The third-order valence-corrected chi connectivity index (χ3v) is 3.65. The van der Waals surface area contributed by atoms with Gasteiger partial charge in [-0.25, -0.2) is 0 Å².